The number of halogens is 3. The lowest BCUT2D eigenvalue weighted by Crippen LogP contribution is -2.51. The van der Waals surface area contributed by atoms with Crippen LogP contribution in [0.3, 0.4) is 0 Å². The van der Waals surface area contributed by atoms with Crippen molar-refractivity contribution in [3.05, 3.63) is 58.8 Å². The first-order valence-corrected chi connectivity index (χ1v) is 11.4. The molecule has 198 valence electrons. The van der Waals surface area contributed by atoms with Gasteiger partial charge in [-0.3, -0.25) is 14.5 Å². The summed E-state index contributed by atoms with van der Waals surface area (Å²) in [5.74, 6) is -1.60. The van der Waals surface area contributed by atoms with Gasteiger partial charge >= 0.3 is 12.1 Å². The van der Waals surface area contributed by atoms with Crippen LogP contribution in [0.4, 0.5) is 13.2 Å². The van der Waals surface area contributed by atoms with Crippen LogP contribution in [0.15, 0.2) is 40.9 Å². The first-order valence-electron chi connectivity index (χ1n) is 11.4. The van der Waals surface area contributed by atoms with E-state index in [0.717, 1.165) is 4.90 Å². The standard InChI is InChI=1S/C25H26F3N3O6/c1-3-6-17-19(10-9-18-20(17)37-30-21(18)25(26,27)28)36-12-5-11-31(14-32)23(35)24(2,29)16-8-4-7-15(13-16)22(33)34/h4,7-10,13-14H,3,5-6,11-12,29H2,1-2H3,(H,33,34). The highest BCUT2D eigenvalue weighted by atomic mass is 19.4. The Bertz CT molecular complexity index is 1300. The second-order valence-corrected chi connectivity index (χ2v) is 8.59. The molecule has 1 heterocycles. The molecule has 9 nitrogen and oxygen atoms in total. The zero-order chi connectivity index (χ0) is 27.4. The predicted molar refractivity (Wildman–Crippen MR) is 126 cm³/mol. The van der Waals surface area contributed by atoms with E-state index in [4.69, 9.17) is 15.0 Å². The summed E-state index contributed by atoms with van der Waals surface area (Å²) in [5, 5.41) is 12.2. The van der Waals surface area contributed by atoms with Crippen LogP contribution in [-0.4, -0.2) is 46.6 Å². The van der Waals surface area contributed by atoms with Crippen LogP contribution in [0, 0.1) is 0 Å². The summed E-state index contributed by atoms with van der Waals surface area (Å²) in [6.07, 6.45) is -3.13. The third-order valence-electron chi connectivity index (χ3n) is 5.81. The summed E-state index contributed by atoms with van der Waals surface area (Å²) >= 11 is 0. The monoisotopic (exact) mass is 521 g/mol. The molecule has 2 amide bonds. The second-order valence-electron chi connectivity index (χ2n) is 8.59. The molecule has 1 atom stereocenters. The number of nitrogens with two attached hydrogens (primary N) is 1. The number of carbonyl (C=O) groups is 3. The summed E-state index contributed by atoms with van der Waals surface area (Å²) in [5.41, 5.74) is 4.03. The van der Waals surface area contributed by atoms with Crippen LogP contribution in [0.1, 0.15) is 53.9 Å². The number of carboxylic acids is 1. The Kier molecular flexibility index (Phi) is 8.22. The number of hydrogen-bond acceptors (Lipinski definition) is 7. The first kappa shape index (κ1) is 27.7. The summed E-state index contributed by atoms with van der Waals surface area (Å²) in [6.45, 7) is 3.21. The van der Waals surface area contributed by atoms with E-state index in [1.165, 1.54) is 43.3 Å². The lowest BCUT2D eigenvalue weighted by atomic mass is 9.90. The largest absolute Gasteiger partial charge is 0.493 e. The molecule has 3 N–H and O–H groups in total. The van der Waals surface area contributed by atoms with Gasteiger partial charge in [-0.25, -0.2) is 4.79 Å². The van der Waals surface area contributed by atoms with Gasteiger partial charge in [0.1, 0.15) is 11.3 Å². The van der Waals surface area contributed by atoms with Crippen LogP contribution in [0.25, 0.3) is 11.0 Å². The fourth-order valence-corrected chi connectivity index (χ4v) is 3.88. The van der Waals surface area contributed by atoms with Crippen LogP contribution < -0.4 is 10.5 Å². The zero-order valence-corrected chi connectivity index (χ0v) is 20.2. The van der Waals surface area contributed by atoms with Crippen LogP contribution in [0.5, 0.6) is 5.75 Å². The number of fused-ring (bicyclic) bond motifs is 1. The number of hydrogen-bond donors (Lipinski definition) is 2. The Balaban J connectivity index is 1.70. The molecule has 0 aliphatic heterocycles. The SMILES string of the molecule is CCCc1c(OCCCN(C=O)C(=O)C(C)(N)c2cccc(C(=O)O)c2)ccc2c(C(F)(F)F)noc12. The molecule has 0 fully saturated rings. The third kappa shape index (κ3) is 5.91. The lowest BCUT2D eigenvalue weighted by Gasteiger charge is -2.29. The molecule has 0 saturated heterocycles. The number of carboxylic acid groups (broad SMARTS) is 1. The normalized spacial score (nSPS) is 13.2. The Morgan fingerprint density at radius 2 is 1.97 bits per heavy atom. The third-order valence-corrected chi connectivity index (χ3v) is 5.81. The highest BCUT2D eigenvalue weighted by Crippen LogP contribution is 2.38. The van der Waals surface area contributed by atoms with E-state index in [9.17, 15) is 32.7 Å². The summed E-state index contributed by atoms with van der Waals surface area (Å²) < 4.78 is 50.3. The molecule has 1 unspecified atom stereocenters. The van der Waals surface area contributed by atoms with Gasteiger partial charge in [-0.2, -0.15) is 13.2 Å². The molecule has 3 aromatic rings. The number of alkyl halides is 3. The van der Waals surface area contributed by atoms with Gasteiger partial charge in [0.2, 0.25) is 6.41 Å². The molecule has 3 rings (SSSR count). The number of rotatable bonds is 11. The highest BCUT2D eigenvalue weighted by Gasteiger charge is 2.38. The van der Waals surface area contributed by atoms with E-state index in [1.807, 2.05) is 6.92 Å². The number of aromatic carboxylic acids is 1. The van der Waals surface area contributed by atoms with E-state index < -0.39 is 29.3 Å². The van der Waals surface area contributed by atoms with Crippen molar-refractivity contribution in [2.24, 2.45) is 5.73 Å². The molecule has 0 spiro atoms. The van der Waals surface area contributed by atoms with E-state index in [0.29, 0.717) is 30.6 Å². The van der Waals surface area contributed by atoms with Crippen molar-refractivity contribution in [2.45, 2.75) is 44.8 Å². The van der Waals surface area contributed by atoms with Gasteiger partial charge in [0.05, 0.1) is 17.6 Å². The fourth-order valence-electron chi connectivity index (χ4n) is 3.88. The number of benzene rings is 2. The van der Waals surface area contributed by atoms with Crippen molar-refractivity contribution >= 4 is 29.3 Å². The number of aromatic nitrogens is 1. The minimum Gasteiger partial charge on any atom is -0.493 e. The van der Waals surface area contributed by atoms with E-state index in [2.05, 4.69) is 5.16 Å². The quantitative estimate of drug-likeness (QED) is 0.284. The molecule has 37 heavy (non-hydrogen) atoms. The molecule has 12 heteroatoms. The smallest absolute Gasteiger partial charge is 0.437 e. The van der Waals surface area contributed by atoms with Crippen molar-refractivity contribution in [3.63, 3.8) is 0 Å². The van der Waals surface area contributed by atoms with Gasteiger partial charge in [0.15, 0.2) is 11.3 Å². The van der Waals surface area contributed by atoms with Crippen molar-refractivity contribution < 1.29 is 41.9 Å². The van der Waals surface area contributed by atoms with Crippen LogP contribution >= 0.6 is 0 Å². The predicted octanol–water partition coefficient (Wildman–Crippen LogP) is 4.13. The Hall–Kier alpha value is -3.93. The van der Waals surface area contributed by atoms with E-state index in [-0.39, 0.29) is 41.7 Å². The van der Waals surface area contributed by atoms with Gasteiger partial charge < -0.3 is 20.1 Å². The van der Waals surface area contributed by atoms with E-state index >= 15 is 0 Å². The van der Waals surface area contributed by atoms with Gasteiger partial charge in [0.25, 0.3) is 5.91 Å². The second kappa shape index (κ2) is 11.0. The van der Waals surface area contributed by atoms with E-state index in [1.54, 1.807) is 0 Å². The molecule has 0 bridgehead atoms. The average molecular weight is 521 g/mol. The molecule has 0 aliphatic carbocycles. The molecule has 2 aromatic carbocycles. The summed E-state index contributed by atoms with van der Waals surface area (Å²) in [7, 11) is 0. The fraction of sp³-hybridized carbons (Fsp3) is 0.360. The molecule has 0 radical (unpaired) electrons. The lowest BCUT2D eigenvalue weighted by molar-refractivity contribution is -0.143. The summed E-state index contributed by atoms with van der Waals surface area (Å²) in [4.78, 5) is 36.7. The van der Waals surface area contributed by atoms with Crippen molar-refractivity contribution in [3.8, 4) is 5.75 Å². The molecular formula is C25H26F3N3O6. The van der Waals surface area contributed by atoms with Gasteiger partial charge in [-0.1, -0.05) is 30.6 Å². The number of carbonyl (C=O) groups excluding carboxylic acids is 2. The van der Waals surface area contributed by atoms with Crippen molar-refractivity contribution in [2.75, 3.05) is 13.2 Å². The van der Waals surface area contributed by atoms with Gasteiger partial charge in [-0.15, -0.1) is 0 Å². The number of ether oxygens (including phenoxy) is 1. The van der Waals surface area contributed by atoms with Crippen LogP contribution in [-0.2, 0) is 27.7 Å². The molecule has 0 saturated carbocycles. The van der Waals surface area contributed by atoms with Crippen molar-refractivity contribution in [1.29, 1.82) is 0 Å². The number of amides is 2. The number of aryl methyl sites for hydroxylation is 1. The first-order chi connectivity index (χ1) is 17.4. The maximum Gasteiger partial charge on any atom is 0.437 e. The Labute approximate surface area is 210 Å². The zero-order valence-electron chi connectivity index (χ0n) is 20.2. The number of imide groups is 1. The van der Waals surface area contributed by atoms with Crippen molar-refractivity contribution in [1.82, 2.24) is 10.1 Å². The topological polar surface area (TPSA) is 136 Å². The minimum atomic E-state index is -4.66. The minimum absolute atomic E-state index is 0.00106. The van der Waals surface area contributed by atoms with Crippen LogP contribution in [0.2, 0.25) is 0 Å². The Morgan fingerprint density at radius 1 is 1.24 bits per heavy atom. The maximum atomic E-state index is 13.2. The molecular weight excluding hydrogens is 495 g/mol. The van der Waals surface area contributed by atoms with Gasteiger partial charge in [-0.05, 0) is 49.6 Å². The maximum absolute atomic E-state index is 13.2. The number of nitrogens with zero attached hydrogens (tertiary/aromatic N) is 2. The highest BCUT2D eigenvalue weighted by molar-refractivity contribution is 5.95. The summed E-state index contributed by atoms with van der Waals surface area (Å²) in [6, 6.07) is 8.21. The average Bonchev–Trinajstić information content (AvgIpc) is 3.30. The molecule has 1 aromatic heterocycles. The Morgan fingerprint density at radius 3 is 2.59 bits per heavy atom. The molecule has 0 aliphatic rings. The van der Waals surface area contributed by atoms with Gasteiger partial charge in [0, 0.05) is 12.1 Å².